The van der Waals surface area contributed by atoms with Crippen LogP contribution in [0.5, 0.6) is 0 Å². The molecule has 2 aromatic heterocycles. The van der Waals surface area contributed by atoms with Crippen LogP contribution in [0.3, 0.4) is 0 Å². The smallest absolute Gasteiger partial charge is 0.143 e. The van der Waals surface area contributed by atoms with Crippen molar-refractivity contribution < 1.29 is 4.42 Å². The molecule has 11 rings (SSSR count). The number of allylic oxidation sites excluding steroid dienone is 2. The molecule has 3 heteroatoms. The molecule has 0 bridgehead atoms. The number of furan rings is 1. The maximum atomic E-state index is 6.60. The molecule has 8 aromatic carbocycles. The molecule has 10 aromatic rings. The van der Waals surface area contributed by atoms with Crippen molar-refractivity contribution in [2.24, 2.45) is 0 Å². The van der Waals surface area contributed by atoms with Crippen LogP contribution in [0.25, 0.3) is 81.1 Å². The van der Waals surface area contributed by atoms with Gasteiger partial charge in [0, 0.05) is 47.9 Å². The summed E-state index contributed by atoms with van der Waals surface area (Å²) in [6.07, 6.45) is 8.04. The molecule has 2 heterocycles. The van der Waals surface area contributed by atoms with Crippen molar-refractivity contribution >= 4 is 70.4 Å². The summed E-state index contributed by atoms with van der Waals surface area (Å²) in [4.78, 5) is 2.49. The number of anilines is 2. The Morgan fingerprint density at radius 2 is 1.11 bits per heavy atom. The molecule has 2 nitrogen and oxygen atoms in total. The van der Waals surface area contributed by atoms with Gasteiger partial charge in [0.2, 0.25) is 0 Å². The maximum absolute atomic E-state index is 6.60. The van der Waals surface area contributed by atoms with Crippen LogP contribution in [0, 0.1) is 0 Å². The number of thiophene rings is 1. The van der Waals surface area contributed by atoms with Gasteiger partial charge >= 0.3 is 0 Å². The number of hydrogen-bond acceptors (Lipinski definition) is 3. The Morgan fingerprint density at radius 3 is 1.84 bits per heavy atom. The molecular weight excluding hydrogens is 711 g/mol. The third-order valence-electron chi connectivity index (χ3n) is 11.4. The van der Waals surface area contributed by atoms with Crippen molar-refractivity contribution in [2.75, 3.05) is 4.90 Å². The molecule has 1 aliphatic rings. The highest BCUT2D eigenvalue weighted by Crippen LogP contribution is 2.44. The van der Waals surface area contributed by atoms with Crippen LogP contribution < -0.4 is 4.90 Å². The van der Waals surface area contributed by atoms with Crippen molar-refractivity contribution in [3.8, 4) is 33.4 Å². The van der Waals surface area contributed by atoms with Gasteiger partial charge in [-0.15, -0.1) is 11.3 Å². The van der Waals surface area contributed by atoms with Gasteiger partial charge in [-0.2, -0.15) is 0 Å². The van der Waals surface area contributed by atoms with Gasteiger partial charge in [0.25, 0.3) is 0 Å². The van der Waals surface area contributed by atoms with Crippen molar-refractivity contribution in [1.82, 2.24) is 0 Å². The lowest BCUT2D eigenvalue weighted by Crippen LogP contribution is -2.30. The third kappa shape index (κ3) is 5.87. The predicted molar refractivity (Wildman–Crippen MR) is 243 cm³/mol. The van der Waals surface area contributed by atoms with Gasteiger partial charge < -0.3 is 9.32 Å². The first-order valence-electron chi connectivity index (χ1n) is 19.6. The molecule has 0 fully saturated rings. The van der Waals surface area contributed by atoms with Crippen LogP contribution in [0.1, 0.15) is 12.0 Å². The number of para-hydroxylation sites is 1. The van der Waals surface area contributed by atoms with Crippen molar-refractivity contribution in [3.63, 3.8) is 0 Å². The number of rotatable bonds is 7. The number of benzene rings is 8. The minimum absolute atomic E-state index is 0.135. The zero-order valence-electron chi connectivity index (χ0n) is 31.2. The minimum atomic E-state index is 0.135. The van der Waals surface area contributed by atoms with E-state index in [1.165, 1.54) is 42.4 Å². The van der Waals surface area contributed by atoms with Gasteiger partial charge in [-0.3, -0.25) is 0 Å². The molecule has 0 radical (unpaired) electrons. The lowest BCUT2D eigenvalue weighted by molar-refractivity contribution is 0.670. The lowest BCUT2D eigenvalue weighted by atomic mass is 9.92. The molecule has 1 unspecified atom stereocenters. The Morgan fingerprint density at radius 1 is 0.474 bits per heavy atom. The molecule has 0 amide bonds. The van der Waals surface area contributed by atoms with Gasteiger partial charge in [0.05, 0.1) is 6.04 Å². The van der Waals surface area contributed by atoms with Crippen molar-refractivity contribution in [2.45, 2.75) is 12.5 Å². The van der Waals surface area contributed by atoms with E-state index in [9.17, 15) is 0 Å². The largest absolute Gasteiger partial charge is 0.455 e. The zero-order chi connectivity index (χ0) is 37.7. The van der Waals surface area contributed by atoms with E-state index in [0.29, 0.717) is 0 Å². The molecule has 0 saturated heterocycles. The Labute approximate surface area is 335 Å². The van der Waals surface area contributed by atoms with E-state index in [-0.39, 0.29) is 6.04 Å². The van der Waals surface area contributed by atoms with Crippen LogP contribution in [0.2, 0.25) is 0 Å². The van der Waals surface area contributed by atoms with Crippen LogP contribution in [-0.4, -0.2) is 6.04 Å². The average Bonchev–Trinajstić information content (AvgIpc) is 3.86. The zero-order valence-corrected chi connectivity index (χ0v) is 32.0. The van der Waals surface area contributed by atoms with E-state index in [1.54, 1.807) is 0 Å². The molecule has 0 spiro atoms. The second-order valence-electron chi connectivity index (χ2n) is 14.8. The monoisotopic (exact) mass is 747 g/mol. The van der Waals surface area contributed by atoms with Gasteiger partial charge in [-0.1, -0.05) is 164 Å². The fourth-order valence-electron chi connectivity index (χ4n) is 8.67. The van der Waals surface area contributed by atoms with Crippen LogP contribution in [-0.2, 0) is 0 Å². The second kappa shape index (κ2) is 14.0. The minimum Gasteiger partial charge on any atom is -0.455 e. The van der Waals surface area contributed by atoms with E-state index in [4.69, 9.17) is 4.42 Å². The summed E-state index contributed by atoms with van der Waals surface area (Å²) in [6, 6.07) is 67.8. The van der Waals surface area contributed by atoms with Gasteiger partial charge in [-0.25, -0.2) is 0 Å². The number of hydrogen-bond donors (Lipinski definition) is 0. The number of fused-ring (bicyclic) bond motifs is 6. The average molecular weight is 748 g/mol. The van der Waals surface area contributed by atoms with Crippen LogP contribution >= 0.6 is 11.3 Å². The van der Waals surface area contributed by atoms with Crippen molar-refractivity contribution in [1.29, 1.82) is 0 Å². The van der Waals surface area contributed by atoms with Gasteiger partial charge in [0.1, 0.15) is 11.2 Å². The quantitative estimate of drug-likeness (QED) is 0.161. The Kier molecular flexibility index (Phi) is 8.19. The first kappa shape index (κ1) is 33.4. The summed E-state index contributed by atoms with van der Waals surface area (Å²) in [6.45, 7) is 0. The first-order chi connectivity index (χ1) is 28.3. The third-order valence-corrected chi connectivity index (χ3v) is 12.7. The highest BCUT2D eigenvalue weighted by Gasteiger charge is 2.23. The molecule has 1 aliphatic carbocycles. The fraction of sp³-hybridized carbons (Fsp3) is 0.0370. The molecule has 0 aliphatic heterocycles. The van der Waals surface area contributed by atoms with Crippen LogP contribution in [0.4, 0.5) is 11.4 Å². The van der Waals surface area contributed by atoms with Crippen LogP contribution in [0.15, 0.2) is 211 Å². The molecular formula is C54H37NOS. The fourth-order valence-corrected chi connectivity index (χ4v) is 9.91. The highest BCUT2D eigenvalue weighted by atomic mass is 32.1. The highest BCUT2D eigenvalue weighted by molar-refractivity contribution is 7.26. The van der Waals surface area contributed by atoms with Gasteiger partial charge in [0.15, 0.2) is 0 Å². The maximum Gasteiger partial charge on any atom is 0.143 e. The Hall–Kier alpha value is -6.94. The van der Waals surface area contributed by atoms with E-state index in [0.717, 1.165) is 62.0 Å². The summed E-state index contributed by atoms with van der Waals surface area (Å²) in [5.74, 6) is 0. The molecule has 270 valence electrons. The predicted octanol–water partition coefficient (Wildman–Crippen LogP) is 15.5. The topological polar surface area (TPSA) is 16.4 Å². The Bertz CT molecular complexity index is 3130. The number of nitrogens with zero attached hydrogens (tertiary/aromatic N) is 1. The molecule has 1 atom stereocenters. The lowest BCUT2D eigenvalue weighted by Gasteiger charge is -2.33. The van der Waals surface area contributed by atoms with Crippen molar-refractivity contribution in [3.05, 3.63) is 212 Å². The normalized spacial score (nSPS) is 14.1. The molecule has 0 saturated carbocycles. The van der Waals surface area contributed by atoms with Gasteiger partial charge in [-0.05, 0) is 87.8 Å². The summed E-state index contributed by atoms with van der Waals surface area (Å²) in [5, 5.41) is 4.94. The first-order valence-corrected chi connectivity index (χ1v) is 20.4. The molecule has 0 N–H and O–H groups in total. The summed E-state index contributed by atoms with van der Waals surface area (Å²) >= 11 is 1.89. The summed E-state index contributed by atoms with van der Waals surface area (Å²) < 4.78 is 9.29. The second-order valence-corrected chi connectivity index (χ2v) is 15.8. The van der Waals surface area contributed by atoms with E-state index < -0.39 is 0 Å². The van der Waals surface area contributed by atoms with E-state index >= 15 is 0 Å². The summed E-state index contributed by atoms with van der Waals surface area (Å²) in [7, 11) is 0. The van der Waals surface area contributed by atoms with E-state index in [2.05, 4.69) is 205 Å². The SMILES string of the molecule is C1=CC(N(c2ccc(-c3ccccc3)cc2)c2ccc(-c3ccc4c(oc5ccccc54)c3-c3ccccc3)cc2)CC=C1c1cccc2c1sc1ccccc12. The molecule has 57 heavy (non-hydrogen) atoms. The standard InChI is InChI=1S/C54H37NOS/c1-3-12-36(13-4-1)37-22-28-41(29-23-37)55(43-32-26-39(27-33-43)45-18-11-19-49-47-17-8-10-21-51(47)57-54(45)49)42-30-24-38(25-31-42)44-34-35-48-46-16-7-9-20-50(46)56-53(48)52(44)40-14-5-2-6-15-40/h1-32,34-35,43H,33H2. The Balaban J connectivity index is 0.984. The summed E-state index contributed by atoms with van der Waals surface area (Å²) in [5.41, 5.74) is 13.7. The van der Waals surface area contributed by atoms with E-state index in [1.807, 2.05) is 17.4 Å².